The molecule has 3 rings (SSSR count). The number of halogens is 1. The van der Waals surface area contributed by atoms with Crippen molar-refractivity contribution in [3.63, 3.8) is 0 Å². The average molecular weight is 356 g/mol. The third-order valence-electron chi connectivity index (χ3n) is 4.10. The number of ether oxygens (including phenoxy) is 1. The SMILES string of the molecule is NC1C2CCOC2C1NC(=O)c1cc(Br)cc([N+](=O)[O-])c1. The summed E-state index contributed by atoms with van der Waals surface area (Å²) >= 11 is 3.17. The van der Waals surface area contributed by atoms with Crippen LogP contribution in [0, 0.1) is 16.0 Å². The first-order valence-electron chi connectivity index (χ1n) is 6.60. The molecule has 112 valence electrons. The Hall–Kier alpha value is -1.51. The molecule has 4 atom stereocenters. The van der Waals surface area contributed by atoms with Gasteiger partial charge >= 0.3 is 0 Å². The van der Waals surface area contributed by atoms with E-state index in [1.54, 1.807) is 6.07 Å². The molecule has 1 saturated carbocycles. The maximum Gasteiger partial charge on any atom is 0.271 e. The second kappa shape index (κ2) is 5.36. The van der Waals surface area contributed by atoms with Crippen LogP contribution in [0.2, 0.25) is 0 Å². The Morgan fingerprint density at radius 2 is 2.24 bits per heavy atom. The third-order valence-corrected chi connectivity index (χ3v) is 4.56. The zero-order valence-corrected chi connectivity index (χ0v) is 12.6. The highest BCUT2D eigenvalue weighted by Gasteiger charge is 2.52. The number of carbonyl (C=O) groups is 1. The number of nitrogens with one attached hydrogen (secondary N) is 1. The summed E-state index contributed by atoms with van der Waals surface area (Å²) in [6.45, 7) is 0.664. The van der Waals surface area contributed by atoms with Gasteiger partial charge in [-0.05, 0) is 12.5 Å². The van der Waals surface area contributed by atoms with Crippen molar-refractivity contribution in [3.8, 4) is 0 Å². The number of non-ortho nitro benzene ring substituents is 1. The Labute approximate surface area is 129 Å². The zero-order chi connectivity index (χ0) is 15.1. The Bertz CT molecular complexity index is 609. The summed E-state index contributed by atoms with van der Waals surface area (Å²) < 4.78 is 6.03. The minimum atomic E-state index is -0.535. The first-order valence-corrected chi connectivity index (χ1v) is 7.39. The molecule has 1 saturated heterocycles. The van der Waals surface area contributed by atoms with Crippen LogP contribution < -0.4 is 11.1 Å². The molecule has 4 unspecified atom stereocenters. The molecule has 3 N–H and O–H groups in total. The van der Waals surface area contributed by atoms with E-state index in [2.05, 4.69) is 21.2 Å². The highest BCUT2D eigenvalue weighted by atomic mass is 79.9. The molecule has 1 aromatic rings. The van der Waals surface area contributed by atoms with Crippen LogP contribution in [-0.4, -0.2) is 35.6 Å². The Balaban J connectivity index is 1.75. The van der Waals surface area contributed by atoms with Crippen LogP contribution in [0.4, 0.5) is 5.69 Å². The largest absolute Gasteiger partial charge is 0.376 e. The van der Waals surface area contributed by atoms with Gasteiger partial charge < -0.3 is 15.8 Å². The smallest absolute Gasteiger partial charge is 0.271 e. The predicted octanol–water partition coefficient (Wildman–Crippen LogP) is 1.20. The van der Waals surface area contributed by atoms with Crippen LogP contribution in [0.3, 0.4) is 0 Å². The molecule has 1 aromatic carbocycles. The molecule has 2 aliphatic rings. The molecule has 0 radical (unpaired) electrons. The van der Waals surface area contributed by atoms with E-state index in [1.807, 2.05) is 0 Å². The molecule has 8 heteroatoms. The minimum absolute atomic E-state index is 0.0360. The normalized spacial score (nSPS) is 30.4. The van der Waals surface area contributed by atoms with E-state index in [0.717, 1.165) is 6.42 Å². The van der Waals surface area contributed by atoms with Crippen molar-refractivity contribution >= 4 is 27.5 Å². The summed E-state index contributed by atoms with van der Waals surface area (Å²) in [5.41, 5.74) is 6.12. The fraction of sp³-hybridized carbons (Fsp3) is 0.462. The van der Waals surface area contributed by atoms with Gasteiger partial charge in [-0.3, -0.25) is 14.9 Å². The minimum Gasteiger partial charge on any atom is -0.376 e. The van der Waals surface area contributed by atoms with Crippen LogP contribution in [0.5, 0.6) is 0 Å². The number of hydrogen-bond acceptors (Lipinski definition) is 5. The van der Waals surface area contributed by atoms with Crippen molar-refractivity contribution in [2.45, 2.75) is 24.6 Å². The lowest BCUT2D eigenvalue weighted by atomic mass is 9.72. The van der Waals surface area contributed by atoms with E-state index < -0.39 is 4.92 Å². The number of nitro groups is 1. The summed E-state index contributed by atoms with van der Waals surface area (Å²) in [5.74, 6) is -0.0825. The lowest BCUT2D eigenvalue weighted by Crippen LogP contribution is -2.68. The van der Waals surface area contributed by atoms with E-state index in [0.29, 0.717) is 17.0 Å². The number of benzene rings is 1. The van der Waals surface area contributed by atoms with Gasteiger partial charge in [0.25, 0.3) is 11.6 Å². The van der Waals surface area contributed by atoms with Gasteiger partial charge in [0.15, 0.2) is 0 Å². The monoisotopic (exact) mass is 355 g/mol. The molecule has 2 fully saturated rings. The molecule has 7 nitrogen and oxygen atoms in total. The highest BCUT2D eigenvalue weighted by molar-refractivity contribution is 9.10. The van der Waals surface area contributed by atoms with E-state index in [-0.39, 0.29) is 35.3 Å². The number of nitrogens with zero attached hydrogens (tertiary/aromatic N) is 1. The molecule has 1 aliphatic carbocycles. The summed E-state index contributed by atoms with van der Waals surface area (Å²) in [4.78, 5) is 22.5. The van der Waals surface area contributed by atoms with Crippen LogP contribution in [0.1, 0.15) is 16.8 Å². The van der Waals surface area contributed by atoms with E-state index in [4.69, 9.17) is 10.5 Å². The second-order valence-electron chi connectivity index (χ2n) is 5.32. The van der Waals surface area contributed by atoms with Gasteiger partial charge in [-0.15, -0.1) is 0 Å². The zero-order valence-electron chi connectivity index (χ0n) is 11.0. The summed E-state index contributed by atoms with van der Waals surface area (Å²) in [7, 11) is 0. The van der Waals surface area contributed by atoms with E-state index in [9.17, 15) is 14.9 Å². The van der Waals surface area contributed by atoms with Gasteiger partial charge in [-0.25, -0.2) is 0 Å². The summed E-state index contributed by atoms with van der Waals surface area (Å²) in [5, 5.41) is 13.6. The number of nitrogens with two attached hydrogens (primary N) is 1. The number of carbonyl (C=O) groups excluding carboxylic acids is 1. The fourth-order valence-electron chi connectivity index (χ4n) is 2.97. The van der Waals surface area contributed by atoms with E-state index in [1.165, 1.54) is 12.1 Å². The molecule has 0 bridgehead atoms. The molecule has 1 heterocycles. The lowest BCUT2D eigenvalue weighted by molar-refractivity contribution is -0.385. The van der Waals surface area contributed by atoms with Gasteiger partial charge in [-0.1, -0.05) is 15.9 Å². The van der Waals surface area contributed by atoms with Gasteiger partial charge in [0.1, 0.15) is 0 Å². The van der Waals surface area contributed by atoms with Crippen molar-refractivity contribution in [1.82, 2.24) is 5.32 Å². The number of hydrogen-bond donors (Lipinski definition) is 2. The van der Waals surface area contributed by atoms with Crippen molar-refractivity contribution in [1.29, 1.82) is 0 Å². The number of amides is 1. The highest BCUT2D eigenvalue weighted by Crippen LogP contribution is 2.37. The molecular weight excluding hydrogens is 342 g/mol. The molecule has 1 amide bonds. The fourth-order valence-corrected chi connectivity index (χ4v) is 3.45. The maximum atomic E-state index is 12.2. The molecule has 0 spiro atoms. The van der Waals surface area contributed by atoms with Crippen molar-refractivity contribution in [2.24, 2.45) is 11.7 Å². The van der Waals surface area contributed by atoms with Crippen LogP contribution in [0.15, 0.2) is 22.7 Å². The topological polar surface area (TPSA) is 107 Å². The Morgan fingerprint density at radius 1 is 1.48 bits per heavy atom. The molecule has 21 heavy (non-hydrogen) atoms. The van der Waals surface area contributed by atoms with Gasteiger partial charge in [0.05, 0.1) is 17.1 Å². The van der Waals surface area contributed by atoms with E-state index >= 15 is 0 Å². The summed E-state index contributed by atoms with van der Waals surface area (Å²) in [6.07, 6.45) is 0.881. The van der Waals surface area contributed by atoms with Crippen molar-refractivity contribution in [3.05, 3.63) is 38.3 Å². The number of rotatable bonds is 3. The standard InChI is InChI=1S/C13H14BrN3O4/c14-7-3-6(4-8(5-7)17(19)20)13(18)16-11-10(15)9-1-2-21-12(9)11/h3-5,9-12H,1-2,15H2,(H,16,18). The Kier molecular flexibility index (Phi) is 3.68. The van der Waals surface area contributed by atoms with Gasteiger partial charge in [0.2, 0.25) is 0 Å². The van der Waals surface area contributed by atoms with Crippen LogP contribution in [-0.2, 0) is 4.74 Å². The first-order chi connectivity index (χ1) is 9.97. The average Bonchev–Trinajstić information content (AvgIpc) is 2.88. The lowest BCUT2D eigenvalue weighted by Gasteiger charge is -2.45. The second-order valence-corrected chi connectivity index (χ2v) is 6.24. The van der Waals surface area contributed by atoms with Crippen molar-refractivity contribution in [2.75, 3.05) is 6.61 Å². The van der Waals surface area contributed by atoms with Crippen LogP contribution in [0.25, 0.3) is 0 Å². The molecular formula is C13H14BrN3O4. The summed E-state index contributed by atoms with van der Waals surface area (Å²) in [6, 6.07) is 3.78. The maximum absolute atomic E-state index is 12.2. The van der Waals surface area contributed by atoms with Crippen LogP contribution >= 0.6 is 15.9 Å². The predicted molar refractivity (Wildman–Crippen MR) is 77.9 cm³/mol. The van der Waals surface area contributed by atoms with Gasteiger partial charge in [0, 0.05) is 40.7 Å². The quantitative estimate of drug-likeness (QED) is 0.625. The molecule has 1 aliphatic heterocycles. The number of nitro benzene ring substituents is 1. The van der Waals surface area contributed by atoms with Crippen molar-refractivity contribution < 1.29 is 14.5 Å². The first kappa shape index (κ1) is 14.4. The Morgan fingerprint density at radius 3 is 2.95 bits per heavy atom. The third kappa shape index (κ3) is 2.54. The van der Waals surface area contributed by atoms with Gasteiger partial charge in [-0.2, -0.15) is 0 Å². The molecule has 0 aromatic heterocycles. The number of fused-ring (bicyclic) bond motifs is 1.